The second-order valence-corrected chi connectivity index (χ2v) is 7.54. The molecule has 0 bridgehead atoms. The summed E-state index contributed by atoms with van der Waals surface area (Å²) in [7, 11) is 1.52. The van der Waals surface area contributed by atoms with E-state index in [4.69, 9.17) is 0 Å². The fourth-order valence-corrected chi connectivity index (χ4v) is 3.80. The standard InChI is InChI=1S/C21H23F3N6O/c1-25-19(31)12-5-6-14-15(10-27-17(14)8-12)18-16(21(22,23)24)11-28-20(30-18)29-13-4-2-3-7-26-9-13/h5-6,8,10-11,13,26-27H,2-4,7,9H2,1H3,(H,25,31)(H,28,29,30)/t13-/m0/s1. The quantitative estimate of drug-likeness (QED) is 0.506. The average molecular weight is 432 g/mol. The zero-order chi connectivity index (χ0) is 22.0. The molecule has 3 aromatic rings. The fourth-order valence-electron chi connectivity index (χ4n) is 3.80. The Labute approximate surface area is 176 Å². The number of nitrogens with zero attached hydrogens (tertiary/aromatic N) is 2. The maximum absolute atomic E-state index is 13.7. The number of hydrogen-bond donors (Lipinski definition) is 4. The smallest absolute Gasteiger partial charge is 0.360 e. The summed E-state index contributed by atoms with van der Waals surface area (Å²) in [6.07, 6.45) is 0.670. The number of rotatable bonds is 4. The minimum Gasteiger partial charge on any atom is -0.360 e. The Kier molecular flexibility index (Phi) is 5.81. The van der Waals surface area contributed by atoms with Gasteiger partial charge in [-0.15, -0.1) is 0 Å². The highest BCUT2D eigenvalue weighted by molar-refractivity contribution is 6.01. The Bertz CT molecular complexity index is 1090. The van der Waals surface area contributed by atoms with Gasteiger partial charge in [0.2, 0.25) is 5.95 Å². The highest BCUT2D eigenvalue weighted by atomic mass is 19.4. The third kappa shape index (κ3) is 4.48. The number of carbonyl (C=O) groups excluding carboxylic acids is 1. The molecule has 0 aliphatic carbocycles. The number of benzene rings is 1. The van der Waals surface area contributed by atoms with Gasteiger partial charge in [0.1, 0.15) is 5.56 Å². The van der Waals surface area contributed by atoms with E-state index in [-0.39, 0.29) is 23.6 Å². The zero-order valence-electron chi connectivity index (χ0n) is 16.9. The highest BCUT2D eigenvalue weighted by Crippen LogP contribution is 2.38. The Morgan fingerprint density at radius 3 is 2.87 bits per heavy atom. The van der Waals surface area contributed by atoms with Gasteiger partial charge in [0, 0.05) is 54.1 Å². The number of amides is 1. The molecule has 0 radical (unpaired) electrons. The Morgan fingerprint density at radius 1 is 1.26 bits per heavy atom. The normalized spacial score (nSPS) is 17.4. The highest BCUT2D eigenvalue weighted by Gasteiger charge is 2.36. The SMILES string of the molecule is CNC(=O)c1ccc2c(-c3nc(N[C@H]4CCCCNC4)ncc3C(F)(F)F)c[nH]c2c1. The molecule has 0 spiro atoms. The van der Waals surface area contributed by atoms with E-state index < -0.39 is 11.7 Å². The number of carbonyl (C=O) groups is 1. The van der Waals surface area contributed by atoms with Gasteiger partial charge < -0.3 is 20.9 Å². The molecular weight excluding hydrogens is 409 g/mol. The number of anilines is 1. The number of aromatic nitrogens is 3. The van der Waals surface area contributed by atoms with E-state index in [1.807, 2.05) is 0 Å². The Balaban J connectivity index is 1.75. The summed E-state index contributed by atoms with van der Waals surface area (Å²) < 4.78 is 41.2. The molecule has 1 atom stereocenters. The maximum atomic E-state index is 13.7. The summed E-state index contributed by atoms with van der Waals surface area (Å²) in [5.74, 6) is -0.118. The summed E-state index contributed by atoms with van der Waals surface area (Å²) in [4.78, 5) is 23.0. The topological polar surface area (TPSA) is 94.7 Å². The molecule has 164 valence electrons. The predicted molar refractivity (Wildman–Crippen MR) is 112 cm³/mol. The van der Waals surface area contributed by atoms with Crippen molar-refractivity contribution in [1.82, 2.24) is 25.6 Å². The van der Waals surface area contributed by atoms with Crippen LogP contribution in [0.3, 0.4) is 0 Å². The number of alkyl halides is 3. The van der Waals surface area contributed by atoms with Crippen molar-refractivity contribution in [3.63, 3.8) is 0 Å². The van der Waals surface area contributed by atoms with Crippen LogP contribution in [-0.2, 0) is 6.18 Å². The molecule has 1 aromatic carbocycles. The minimum atomic E-state index is -4.61. The number of halogens is 3. The van der Waals surface area contributed by atoms with Crippen LogP contribution in [0.25, 0.3) is 22.2 Å². The van der Waals surface area contributed by atoms with E-state index in [0.29, 0.717) is 28.6 Å². The number of hydrogen-bond acceptors (Lipinski definition) is 5. The van der Waals surface area contributed by atoms with Gasteiger partial charge >= 0.3 is 6.18 Å². The molecule has 1 aliphatic heterocycles. The number of nitrogens with one attached hydrogen (secondary N) is 4. The van der Waals surface area contributed by atoms with Crippen LogP contribution in [0.4, 0.5) is 19.1 Å². The molecule has 2 aromatic heterocycles. The summed E-state index contributed by atoms with van der Waals surface area (Å²) in [6.45, 7) is 1.62. The minimum absolute atomic E-state index is 0.0465. The van der Waals surface area contributed by atoms with E-state index in [0.717, 1.165) is 32.0 Å². The first-order valence-electron chi connectivity index (χ1n) is 10.1. The molecule has 1 amide bonds. The van der Waals surface area contributed by atoms with Crippen molar-refractivity contribution in [2.75, 3.05) is 25.5 Å². The first-order valence-corrected chi connectivity index (χ1v) is 10.1. The second-order valence-electron chi connectivity index (χ2n) is 7.54. The van der Waals surface area contributed by atoms with Crippen molar-refractivity contribution in [3.05, 3.63) is 41.7 Å². The molecular formula is C21H23F3N6O. The third-order valence-electron chi connectivity index (χ3n) is 5.40. The van der Waals surface area contributed by atoms with Gasteiger partial charge in [-0.05, 0) is 31.5 Å². The molecule has 4 N–H and O–H groups in total. The van der Waals surface area contributed by atoms with Crippen LogP contribution >= 0.6 is 0 Å². The summed E-state index contributed by atoms with van der Waals surface area (Å²) in [6, 6.07) is 4.84. The molecule has 4 rings (SSSR count). The first-order chi connectivity index (χ1) is 14.9. The van der Waals surface area contributed by atoms with Crippen LogP contribution < -0.4 is 16.0 Å². The molecule has 1 fully saturated rings. The van der Waals surface area contributed by atoms with Crippen molar-refractivity contribution < 1.29 is 18.0 Å². The first kappa shape index (κ1) is 21.1. The molecule has 0 saturated carbocycles. The number of fused-ring (bicyclic) bond motifs is 1. The van der Waals surface area contributed by atoms with Crippen LogP contribution in [0.2, 0.25) is 0 Å². The monoisotopic (exact) mass is 432 g/mol. The molecule has 10 heteroatoms. The summed E-state index contributed by atoms with van der Waals surface area (Å²) >= 11 is 0. The average Bonchev–Trinajstić information content (AvgIpc) is 3.00. The molecule has 0 unspecified atom stereocenters. The van der Waals surface area contributed by atoms with Gasteiger partial charge in [-0.1, -0.05) is 12.5 Å². The molecule has 1 aliphatic rings. The van der Waals surface area contributed by atoms with Crippen molar-refractivity contribution in [3.8, 4) is 11.3 Å². The van der Waals surface area contributed by atoms with Gasteiger partial charge in [0.15, 0.2) is 0 Å². The lowest BCUT2D eigenvalue weighted by Crippen LogP contribution is -2.31. The molecule has 1 saturated heterocycles. The van der Waals surface area contributed by atoms with Crippen molar-refractivity contribution >= 4 is 22.8 Å². The number of aromatic amines is 1. The maximum Gasteiger partial charge on any atom is 0.419 e. The fraction of sp³-hybridized carbons (Fsp3) is 0.381. The predicted octanol–water partition coefficient (Wildman–Crippen LogP) is 3.56. The van der Waals surface area contributed by atoms with E-state index in [2.05, 4.69) is 30.9 Å². The van der Waals surface area contributed by atoms with E-state index in [1.165, 1.54) is 13.2 Å². The molecule has 3 heterocycles. The van der Waals surface area contributed by atoms with Crippen LogP contribution in [-0.4, -0.2) is 47.0 Å². The Morgan fingerprint density at radius 2 is 2.10 bits per heavy atom. The largest absolute Gasteiger partial charge is 0.419 e. The van der Waals surface area contributed by atoms with Gasteiger partial charge in [-0.3, -0.25) is 4.79 Å². The van der Waals surface area contributed by atoms with Crippen molar-refractivity contribution in [2.45, 2.75) is 31.5 Å². The lowest BCUT2D eigenvalue weighted by atomic mass is 10.0. The Hall–Kier alpha value is -3.14. The number of H-pyrrole nitrogens is 1. The van der Waals surface area contributed by atoms with Gasteiger partial charge in [-0.2, -0.15) is 13.2 Å². The van der Waals surface area contributed by atoms with E-state index in [1.54, 1.807) is 18.2 Å². The van der Waals surface area contributed by atoms with E-state index in [9.17, 15) is 18.0 Å². The van der Waals surface area contributed by atoms with Gasteiger partial charge in [-0.25, -0.2) is 9.97 Å². The van der Waals surface area contributed by atoms with Crippen molar-refractivity contribution in [2.24, 2.45) is 0 Å². The van der Waals surface area contributed by atoms with Gasteiger partial charge in [0.25, 0.3) is 5.91 Å². The lowest BCUT2D eigenvalue weighted by molar-refractivity contribution is -0.137. The van der Waals surface area contributed by atoms with Gasteiger partial charge in [0.05, 0.1) is 5.69 Å². The van der Waals surface area contributed by atoms with Crippen LogP contribution in [0.1, 0.15) is 35.2 Å². The summed E-state index contributed by atoms with van der Waals surface area (Å²) in [5, 5.41) is 9.54. The van der Waals surface area contributed by atoms with Crippen LogP contribution in [0, 0.1) is 0 Å². The zero-order valence-corrected chi connectivity index (χ0v) is 16.9. The summed E-state index contributed by atoms with van der Waals surface area (Å²) in [5.41, 5.74) is 0.143. The molecule has 7 nitrogen and oxygen atoms in total. The molecule has 31 heavy (non-hydrogen) atoms. The van der Waals surface area contributed by atoms with Crippen molar-refractivity contribution in [1.29, 1.82) is 0 Å². The third-order valence-corrected chi connectivity index (χ3v) is 5.40. The van der Waals surface area contributed by atoms with E-state index >= 15 is 0 Å². The van der Waals surface area contributed by atoms with Crippen LogP contribution in [0.5, 0.6) is 0 Å². The van der Waals surface area contributed by atoms with Crippen LogP contribution in [0.15, 0.2) is 30.6 Å². The lowest BCUT2D eigenvalue weighted by Gasteiger charge is -2.18. The second kappa shape index (κ2) is 8.54.